The third kappa shape index (κ3) is 2.80. The summed E-state index contributed by atoms with van der Waals surface area (Å²) in [7, 11) is 0. The Bertz CT molecular complexity index is 890. The molecule has 26 heavy (non-hydrogen) atoms. The Morgan fingerprint density at radius 3 is 2.46 bits per heavy atom. The van der Waals surface area contributed by atoms with Crippen molar-refractivity contribution < 1.29 is 14.3 Å². The number of carbonyl (C=O) groups is 2. The summed E-state index contributed by atoms with van der Waals surface area (Å²) in [5, 5.41) is 0.520. The zero-order valence-electron chi connectivity index (χ0n) is 14.3. The molecule has 3 atom stereocenters. The number of allylic oxidation sites excluding steroid dienone is 2. The molecule has 1 saturated heterocycles. The van der Waals surface area contributed by atoms with Crippen molar-refractivity contribution in [1.29, 1.82) is 0 Å². The van der Waals surface area contributed by atoms with Crippen LogP contribution < -0.4 is 9.64 Å². The molecule has 0 unspecified atom stereocenters. The number of hydrogen-bond acceptors (Lipinski definition) is 3. The van der Waals surface area contributed by atoms with E-state index in [2.05, 4.69) is 0 Å². The van der Waals surface area contributed by atoms with Gasteiger partial charge in [-0.25, -0.2) is 0 Å². The van der Waals surface area contributed by atoms with Gasteiger partial charge in [-0.1, -0.05) is 42.8 Å². The van der Waals surface area contributed by atoms with Gasteiger partial charge in [0.15, 0.2) is 0 Å². The van der Waals surface area contributed by atoms with Gasteiger partial charge in [0.2, 0.25) is 11.8 Å². The fourth-order valence-electron chi connectivity index (χ4n) is 3.72. The highest BCUT2D eigenvalue weighted by atomic mass is 35.5. The molecule has 0 saturated carbocycles. The second-order valence-corrected chi connectivity index (χ2v) is 7.10. The lowest BCUT2D eigenvalue weighted by molar-refractivity contribution is -0.122. The van der Waals surface area contributed by atoms with Gasteiger partial charge >= 0.3 is 0 Å². The van der Waals surface area contributed by atoms with E-state index in [1.807, 2.05) is 31.2 Å². The summed E-state index contributed by atoms with van der Waals surface area (Å²) < 4.78 is 5.76. The SMILES string of the molecule is C[C@@H]1C=CC[C@@H]2C(=O)N(c3ccc(Oc4ccccc4Cl)cc3)C(=O)[C@@H]12. The van der Waals surface area contributed by atoms with Gasteiger partial charge in [-0.05, 0) is 48.7 Å². The standard InChI is InChI=1S/C21H18ClNO3/c1-13-5-4-6-16-19(13)21(25)23(20(16)24)14-9-11-15(12-10-14)26-18-8-3-2-7-17(18)22/h2-5,7-13,16,19H,6H2,1H3/t13-,16+,19+/m1/s1. The largest absolute Gasteiger partial charge is 0.456 e. The van der Waals surface area contributed by atoms with Crippen molar-refractivity contribution in [2.24, 2.45) is 17.8 Å². The van der Waals surface area contributed by atoms with Crippen molar-refractivity contribution in [3.63, 3.8) is 0 Å². The lowest BCUT2D eigenvalue weighted by atomic mass is 9.78. The van der Waals surface area contributed by atoms with Crippen LogP contribution in [0.3, 0.4) is 0 Å². The number of halogens is 1. The van der Waals surface area contributed by atoms with E-state index in [4.69, 9.17) is 16.3 Å². The number of imide groups is 1. The van der Waals surface area contributed by atoms with E-state index < -0.39 is 0 Å². The van der Waals surface area contributed by atoms with Gasteiger partial charge in [0.25, 0.3) is 0 Å². The molecule has 0 bridgehead atoms. The Labute approximate surface area is 157 Å². The number of para-hydroxylation sites is 1. The molecule has 0 aromatic heterocycles. The number of amides is 2. The fraction of sp³-hybridized carbons (Fsp3) is 0.238. The van der Waals surface area contributed by atoms with Gasteiger partial charge in [-0.3, -0.25) is 14.5 Å². The summed E-state index contributed by atoms with van der Waals surface area (Å²) in [6.45, 7) is 1.99. The van der Waals surface area contributed by atoms with Crippen molar-refractivity contribution in [3.8, 4) is 11.5 Å². The van der Waals surface area contributed by atoms with Crippen LogP contribution in [0.2, 0.25) is 5.02 Å². The molecule has 5 heteroatoms. The lowest BCUT2D eigenvalue weighted by Crippen LogP contribution is -2.31. The van der Waals surface area contributed by atoms with Gasteiger partial charge in [0.05, 0.1) is 22.5 Å². The molecule has 1 heterocycles. The van der Waals surface area contributed by atoms with E-state index in [0.29, 0.717) is 28.6 Å². The number of anilines is 1. The molecule has 1 aliphatic carbocycles. The number of ether oxygens (including phenoxy) is 1. The fourth-order valence-corrected chi connectivity index (χ4v) is 3.89. The topological polar surface area (TPSA) is 46.6 Å². The van der Waals surface area contributed by atoms with Crippen LogP contribution in [0.5, 0.6) is 11.5 Å². The minimum absolute atomic E-state index is 0.0815. The van der Waals surface area contributed by atoms with E-state index in [1.165, 1.54) is 4.90 Å². The average molecular weight is 368 g/mol. The van der Waals surface area contributed by atoms with E-state index in [9.17, 15) is 9.59 Å². The van der Waals surface area contributed by atoms with E-state index in [-0.39, 0.29) is 29.6 Å². The van der Waals surface area contributed by atoms with Crippen molar-refractivity contribution in [1.82, 2.24) is 0 Å². The Kier molecular flexibility index (Phi) is 4.29. The quantitative estimate of drug-likeness (QED) is 0.576. The van der Waals surface area contributed by atoms with Crippen molar-refractivity contribution >= 4 is 29.1 Å². The van der Waals surface area contributed by atoms with Crippen molar-refractivity contribution in [3.05, 3.63) is 65.7 Å². The average Bonchev–Trinajstić information content (AvgIpc) is 2.90. The maximum Gasteiger partial charge on any atom is 0.238 e. The highest BCUT2D eigenvalue weighted by Crippen LogP contribution is 2.40. The van der Waals surface area contributed by atoms with Gasteiger partial charge in [0, 0.05) is 0 Å². The predicted octanol–water partition coefficient (Wildman–Crippen LogP) is 4.83. The normalized spacial score (nSPS) is 24.7. The number of hydrogen-bond donors (Lipinski definition) is 0. The van der Waals surface area contributed by atoms with E-state index in [0.717, 1.165) is 0 Å². The third-order valence-electron chi connectivity index (χ3n) is 5.03. The molecular weight excluding hydrogens is 350 g/mol. The van der Waals surface area contributed by atoms with E-state index in [1.54, 1.807) is 36.4 Å². The summed E-state index contributed by atoms with van der Waals surface area (Å²) in [5.74, 6) is 0.494. The minimum atomic E-state index is -0.258. The van der Waals surface area contributed by atoms with Crippen LogP contribution in [0.15, 0.2) is 60.7 Å². The van der Waals surface area contributed by atoms with Crippen LogP contribution in [0, 0.1) is 17.8 Å². The zero-order valence-corrected chi connectivity index (χ0v) is 15.0. The molecule has 4 rings (SSSR count). The lowest BCUT2D eigenvalue weighted by Gasteiger charge is -2.22. The smallest absolute Gasteiger partial charge is 0.238 e. The first-order valence-corrected chi connectivity index (χ1v) is 9.01. The van der Waals surface area contributed by atoms with Crippen LogP contribution in [-0.4, -0.2) is 11.8 Å². The number of rotatable bonds is 3. The van der Waals surface area contributed by atoms with Gasteiger partial charge in [-0.15, -0.1) is 0 Å². The summed E-state index contributed by atoms with van der Waals surface area (Å²) in [4.78, 5) is 26.9. The molecule has 1 aliphatic heterocycles. The molecule has 0 radical (unpaired) electrons. The van der Waals surface area contributed by atoms with Crippen LogP contribution in [-0.2, 0) is 9.59 Å². The van der Waals surface area contributed by atoms with Crippen molar-refractivity contribution in [2.45, 2.75) is 13.3 Å². The molecule has 0 spiro atoms. The summed E-state index contributed by atoms with van der Waals surface area (Å²) in [6, 6.07) is 14.2. The summed E-state index contributed by atoms with van der Waals surface area (Å²) in [6.07, 6.45) is 4.65. The van der Waals surface area contributed by atoms with Crippen LogP contribution in [0.1, 0.15) is 13.3 Å². The Morgan fingerprint density at radius 2 is 1.77 bits per heavy atom. The Balaban J connectivity index is 1.57. The number of fused-ring (bicyclic) bond motifs is 1. The molecule has 4 nitrogen and oxygen atoms in total. The molecule has 2 aromatic rings. The molecule has 2 aromatic carbocycles. The Morgan fingerprint density at radius 1 is 1.04 bits per heavy atom. The molecular formula is C21H18ClNO3. The molecule has 0 N–H and O–H groups in total. The predicted molar refractivity (Wildman–Crippen MR) is 100 cm³/mol. The van der Waals surface area contributed by atoms with Crippen molar-refractivity contribution in [2.75, 3.05) is 4.90 Å². The van der Waals surface area contributed by atoms with Crippen LogP contribution >= 0.6 is 11.6 Å². The zero-order chi connectivity index (χ0) is 18.3. The van der Waals surface area contributed by atoms with Gasteiger partial charge in [0.1, 0.15) is 11.5 Å². The highest BCUT2D eigenvalue weighted by Gasteiger charge is 2.50. The van der Waals surface area contributed by atoms with Gasteiger partial charge in [-0.2, -0.15) is 0 Å². The molecule has 1 fully saturated rings. The number of benzene rings is 2. The maximum absolute atomic E-state index is 12.8. The minimum Gasteiger partial charge on any atom is -0.456 e. The van der Waals surface area contributed by atoms with Crippen LogP contribution in [0.4, 0.5) is 5.69 Å². The molecule has 2 amide bonds. The first kappa shape index (κ1) is 16.9. The third-order valence-corrected chi connectivity index (χ3v) is 5.34. The first-order valence-electron chi connectivity index (χ1n) is 8.63. The second kappa shape index (κ2) is 6.61. The maximum atomic E-state index is 12.8. The van der Waals surface area contributed by atoms with Gasteiger partial charge < -0.3 is 4.74 Å². The monoisotopic (exact) mass is 367 g/mol. The van der Waals surface area contributed by atoms with E-state index >= 15 is 0 Å². The Hall–Kier alpha value is -2.59. The number of carbonyl (C=O) groups excluding carboxylic acids is 2. The summed E-state index contributed by atoms with van der Waals surface area (Å²) in [5.41, 5.74) is 0.577. The second-order valence-electron chi connectivity index (χ2n) is 6.69. The number of nitrogens with zero attached hydrogens (tertiary/aromatic N) is 1. The molecule has 132 valence electrons. The highest BCUT2D eigenvalue weighted by molar-refractivity contribution is 6.32. The molecule has 2 aliphatic rings. The van der Waals surface area contributed by atoms with Crippen LogP contribution in [0.25, 0.3) is 0 Å². The first-order chi connectivity index (χ1) is 12.6. The summed E-state index contributed by atoms with van der Waals surface area (Å²) >= 11 is 6.10.